The van der Waals surface area contributed by atoms with Crippen LogP contribution in [0.3, 0.4) is 0 Å². The summed E-state index contributed by atoms with van der Waals surface area (Å²) in [7, 11) is 0. The Bertz CT molecular complexity index is 1690. The fraction of sp³-hybridized carbons (Fsp3) is 0.243. The molecule has 0 aromatic heterocycles. The number of hydrogen-bond donors (Lipinski definition) is 5. The SMILES string of the molecule is Cc1ccc(C[C@H](NC(=O)C2OC2C(=O)NCCc2ccc(-c3ccccc3)cc2)C(=O)NC(Cc2ccc(O)cc2)C(N)=O)cc1. The average molecular weight is 635 g/mol. The van der Waals surface area contributed by atoms with Gasteiger partial charge in [0.1, 0.15) is 17.8 Å². The van der Waals surface area contributed by atoms with E-state index in [1.165, 1.54) is 12.1 Å². The number of epoxide rings is 1. The summed E-state index contributed by atoms with van der Waals surface area (Å²) in [5.74, 6) is -2.31. The first-order valence-electron chi connectivity index (χ1n) is 15.5. The van der Waals surface area contributed by atoms with Crippen molar-refractivity contribution in [3.05, 3.63) is 125 Å². The Morgan fingerprint density at radius 2 is 1.26 bits per heavy atom. The van der Waals surface area contributed by atoms with Gasteiger partial charge in [0.05, 0.1) is 0 Å². The molecule has 0 saturated carbocycles. The number of amides is 4. The summed E-state index contributed by atoms with van der Waals surface area (Å²) in [6, 6.07) is 29.7. The van der Waals surface area contributed by atoms with Crippen molar-refractivity contribution in [1.82, 2.24) is 16.0 Å². The van der Waals surface area contributed by atoms with Crippen molar-refractivity contribution in [2.24, 2.45) is 5.73 Å². The fourth-order valence-corrected chi connectivity index (χ4v) is 5.22. The number of carbonyl (C=O) groups excluding carboxylic acids is 4. The molecule has 0 spiro atoms. The molecule has 0 aliphatic carbocycles. The molecule has 10 nitrogen and oxygen atoms in total. The number of aromatic hydroxyl groups is 1. The number of hydrogen-bond acceptors (Lipinski definition) is 6. The van der Waals surface area contributed by atoms with Crippen LogP contribution in [-0.2, 0) is 43.2 Å². The van der Waals surface area contributed by atoms with Crippen molar-refractivity contribution in [3.63, 3.8) is 0 Å². The maximum absolute atomic E-state index is 13.5. The van der Waals surface area contributed by atoms with Crippen molar-refractivity contribution in [2.45, 2.75) is 50.5 Å². The Morgan fingerprint density at radius 3 is 1.89 bits per heavy atom. The van der Waals surface area contributed by atoms with Crippen LogP contribution in [0.1, 0.15) is 22.3 Å². The highest BCUT2D eigenvalue weighted by molar-refractivity contribution is 5.97. The van der Waals surface area contributed by atoms with Gasteiger partial charge in [0.15, 0.2) is 12.2 Å². The molecule has 4 atom stereocenters. The van der Waals surface area contributed by atoms with Gasteiger partial charge in [-0.3, -0.25) is 19.2 Å². The first kappa shape index (κ1) is 32.9. The van der Waals surface area contributed by atoms with Gasteiger partial charge in [-0.25, -0.2) is 0 Å². The van der Waals surface area contributed by atoms with Gasteiger partial charge >= 0.3 is 0 Å². The average Bonchev–Trinajstić information content (AvgIpc) is 3.88. The van der Waals surface area contributed by atoms with Gasteiger partial charge in [-0.1, -0.05) is 96.6 Å². The van der Waals surface area contributed by atoms with E-state index < -0.39 is 47.9 Å². The zero-order valence-corrected chi connectivity index (χ0v) is 26.0. The first-order chi connectivity index (χ1) is 22.7. The van der Waals surface area contributed by atoms with Gasteiger partial charge in [0.25, 0.3) is 11.8 Å². The highest BCUT2D eigenvalue weighted by Crippen LogP contribution is 2.23. The summed E-state index contributed by atoms with van der Waals surface area (Å²) < 4.78 is 5.41. The van der Waals surface area contributed by atoms with Gasteiger partial charge in [0.2, 0.25) is 11.8 Å². The summed E-state index contributed by atoms with van der Waals surface area (Å²) in [5.41, 5.74) is 11.4. The molecule has 1 aliphatic rings. The Morgan fingerprint density at radius 1 is 0.702 bits per heavy atom. The third-order valence-corrected chi connectivity index (χ3v) is 8.01. The maximum Gasteiger partial charge on any atom is 0.253 e. The molecular formula is C37H38N4O6. The van der Waals surface area contributed by atoms with E-state index in [0.29, 0.717) is 18.5 Å². The number of phenols is 1. The predicted octanol–water partition coefficient (Wildman–Crippen LogP) is 2.73. The number of phenolic OH excluding ortho intramolecular Hbond substituents is 1. The zero-order chi connectivity index (χ0) is 33.3. The van der Waals surface area contributed by atoms with E-state index in [0.717, 1.165) is 27.8 Å². The summed E-state index contributed by atoms with van der Waals surface area (Å²) in [6.45, 7) is 2.31. The van der Waals surface area contributed by atoms with E-state index in [2.05, 4.69) is 16.0 Å². The summed E-state index contributed by atoms with van der Waals surface area (Å²) in [5, 5.41) is 17.7. The smallest absolute Gasteiger partial charge is 0.253 e. The second-order valence-electron chi connectivity index (χ2n) is 11.7. The number of aryl methyl sites for hydroxylation is 1. The lowest BCUT2D eigenvalue weighted by Gasteiger charge is -2.22. The molecule has 4 aromatic rings. The summed E-state index contributed by atoms with van der Waals surface area (Å²) >= 11 is 0. The monoisotopic (exact) mass is 634 g/mol. The highest BCUT2D eigenvalue weighted by atomic mass is 16.6. The number of rotatable bonds is 14. The molecule has 3 unspecified atom stereocenters. The van der Waals surface area contributed by atoms with Gasteiger partial charge < -0.3 is 31.5 Å². The van der Waals surface area contributed by atoms with E-state index in [4.69, 9.17) is 10.5 Å². The Labute approximate surface area is 273 Å². The standard InChI is InChI=1S/C37H38N4O6/c1-23-7-9-25(10-8-23)22-31(35(44)40-30(34(38)43)21-26-13-17-29(42)18-14-26)41-37(46)33-32(47-33)36(45)39-20-19-24-11-15-28(16-12-24)27-5-3-2-4-6-27/h2-18,30-33,42H,19-22H2,1H3,(H2,38,43)(H,39,45)(H,40,44)(H,41,46)/t30?,31-,32?,33?/m0/s1. The summed E-state index contributed by atoms with van der Waals surface area (Å²) in [6.07, 6.45) is -1.18. The Kier molecular flexibility index (Phi) is 10.6. The lowest BCUT2D eigenvalue weighted by molar-refractivity contribution is -0.131. The van der Waals surface area contributed by atoms with Crippen LogP contribution in [0.5, 0.6) is 5.75 Å². The van der Waals surface area contributed by atoms with E-state index >= 15 is 0 Å². The molecule has 10 heteroatoms. The number of primary amides is 1. The molecule has 0 radical (unpaired) electrons. The van der Waals surface area contributed by atoms with E-state index in [-0.39, 0.29) is 18.6 Å². The fourth-order valence-electron chi connectivity index (χ4n) is 5.22. The lowest BCUT2D eigenvalue weighted by atomic mass is 10.0. The second kappa shape index (κ2) is 15.2. The third-order valence-electron chi connectivity index (χ3n) is 8.01. The van der Waals surface area contributed by atoms with Crippen molar-refractivity contribution >= 4 is 23.6 Å². The van der Waals surface area contributed by atoms with Gasteiger partial charge in [-0.2, -0.15) is 0 Å². The largest absolute Gasteiger partial charge is 0.508 e. The number of nitrogens with two attached hydrogens (primary N) is 1. The topological polar surface area (TPSA) is 163 Å². The van der Waals surface area contributed by atoms with Crippen LogP contribution in [0.15, 0.2) is 103 Å². The van der Waals surface area contributed by atoms with Crippen LogP contribution in [0.25, 0.3) is 11.1 Å². The van der Waals surface area contributed by atoms with Crippen LogP contribution >= 0.6 is 0 Å². The van der Waals surface area contributed by atoms with Crippen molar-refractivity contribution in [2.75, 3.05) is 6.54 Å². The molecule has 1 saturated heterocycles. The minimum absolute atomic E-state index is 0.0670. The van der Waals surface area contributed by atoms with Gasteiger partial charge in [-0.15, -0.1) is 0 Å². The minimum atomic E-state index is -1.07. The Hall–Kier alpha value is -5.48. The van der Waals surface area contributed by atoms with Crippen molar-refractivity contribution in [3.8, 4) is 16.9 Å². The van der Waals surface area contributed by atoms with Crippen molar-refractivity contribution in [1.29, 1.82) is 0 Å². The molecule has 1 aliphatic heterocycles. The van der Waals surface area contributed by atoms with Crippen LogP contribution < -0.4 is 21.7 Å². The molecule has 1 heterocycles. The number of ether oxygens (including phenoxy) is 1. The predicted molar refractivity (Wildman–Crippen MR) is 177 cm³/mol. The van der Waals surface area contributed by atoms with Crippen LogP contribution in [0.4, 0.5) is 0 Å². The Balaban J connectivity index is 1.15. The van der Waals surface area contributed by atoms with E-state index in [1.807, 2.05) is 85.8 Å². The number of nitrogens with one attached hydrogen (secondary N) is 3. The maximum atomic E-state index is 13.5. The van der Waals surface area contributed by atoms with E-state index in [9.17, 15) is 24.3 Å². The lowest BCUT2D eigenvalue weighted by Crippen LogP contribution is -2.55. The molecular weight excluding hydrogens is 596 g/mol. The molecule has 5 rings (SSSR count). The van der Waals surface area contributed by atoms with Crippen LogP contribution in [0, 0.1) is 6.92 Å². The molecule has 47 heavy (non-hydrogen) atoms. The molecule has 4 amide bonds. The van der Waals surface area contributed by atoms with Crippen LogP contribution in [-0.4, -0.2) is 59.6 Å². The normalized spacial score (nSPS) is 16.4. The molecule has 0 bridgehead atoms. The van der Waals surface area contributed by atoms with Gasteiger partial charge in [0, 0.05) is 19.4 Å². The zero-order valence-electron chi connectivity index (χ0n) is 26.0. The quantitative estimate of drug-likeness (QED) is 0.134. The van der Waals surface area contributed by atoms with Gasteiger partial charge in [-0.05, 0) is 53.3 Å². The molecule has 6 N–H and O–H groups in total. The summed E-state index contributed by atoms with van der Waals surface area (Å²) in [4.78, 5) is 51.6. The molecule has 242 valence electrons. The van der Waals surface area contributed by atoms with E-state index in [1.54, 1.807) is 12.1 Å². The number of benzene rings is 4. The first-order valence-corrected chi connectivity index (χ1v) is 15.5. The van der Waals surface area contributed by atoms with Crippen molar-refractivity contribution < 1.29 is 29.0 Å². The third kappa shape index (κ3) is 9.27. The van der Waals surface area contributed by atoms with Crippen LogP contribution in [0.2, 0.25) is 0 Å². The highest BCUT2D eigenvalue weighted by Gasteiger charge is 2.51. The molecule has 4 aromatic carbocycles. The second-order valence-corrected chi connectivity index (χ2v) is 11.7. The number of carbonyl (C=O) groups is 4. The minimum Gasteiger partial charge on any atom is -0.508 e. The molecule has 1 fully saturated rings.